The third-order valence-corrected chi connectivity index (χ3v) is 14.7. The summed E-state index contributed by atoms with van der Waals surface area (Å²) in [4.78, 5) is 89.5. The normalized spacial score (nSPS) is 21.5. The number of carboxylic acid groups (broad SMARTS) is 1. The summed E-state index contributed by atoms with van der Waals surface area (Å²) in [7, 11) is 0. The number of benzene rings is 2. The highest BCUT2D eigenvalue weighted by molar-refractivity contribution is 5.88. The number of carbonyl (C=O) groups is 8. The largest absolute Gasteiger partial charge is 0.481 e. The summed E-state index contributed by atoms with van der Waals surface area (Å²) in [5.74, 6) is 0.584. The topological polar surface area (TPSA) is 288 Å². The molecule has 4 aliphatic carbocycles. The van der Waals surface area contributed by atoms with Crippen LogP contribution in [0.15, 0.2) is 87.0 Å². The number of carboxylic acids is 1. The van der Waals surface area contributed by atoms with Crippen LogP contribution in [0, 0.1) is 47.9 Å². The Kier molecular flexibility index (Phi) is 32.3. The maximum Gasteiger partial charge on any atom is 0.384 e. The lowest BCUT2D eigenvalue weighted by Crippen LogP contribution is -2.24. The molecule has 4 aromatic rings. The van der Waals surface area contributed by atoms with Crippen molar-refractivity contribution < 1.29 is 81.4 Å². The highest BCUT2D eigenvalue weighted by atomic mass is 16.6. The van der Waals surface area contributed by atoms with Gasteiger partial charge in [-0.15, -0.1) is 11.6 Å². The van der Waals surface area contributed by atoms with Crippen LogP contribution in [-0.4, -0.2) is 94.5 Å². The van der Waals surface area contributed by atoms with Gasteiger partial charge in [0.1, 0.15) is 25.3 Å². The quantitative estimate of drug-likeness (QED) is 0.0145. The van der Waals surface area contributed by atoms with Gasteiger partial charge in [0.05, 0.1) is 49.0 Å². The van der Waals surface area contributed by atoms with Crippen molar-refractivity contribution in [3.8, 4) is 12.3 Å². The molecule has 452 valence electrons. The van der Waals surface area contributed by atoms with Crippen molar-refractivity contribution in [2.75, 3.05) is 19.8 Å². The fraction of sp³-hybridized carbons (Fsp3) is 0.540. The third kappa shape index (κ3) is 25.0. The number of nitrogens with zero attached hydrogens (tertiary/aromatic N) is 3. The van der Waals surface area contributed by atoms with Crippen molar-refractivity contribution in [1.29, 1.82) is 0 Å². The maximum absolute atomic E-state index is 11.9. The molecule has 20 heteroatoms. The predicted octanol–water partition coefficient (Wildman–Crippen LogP) is 11.5. The number of Topliss-reactive ketones (excluding diaryl/α,β-unsaturated/α-hetero) is 1. The predicted molar refractivity (Wildman–Crippen MR) is 305 cm³/mol. The number of ether oxygens (including phenoxy) is 5. The Hall–Kier alpha value is -7.95. The molecular weight excluding hydrogens is 1070 g/mol. The van der Waals surface area contributed by atoms with E-state index in [1.165, 1.54) is 0 Å². The Balaban J connectivity index is 0.000000278. The number of ketones is 1. The molecule has 0 atom stereocenters. The summed E-state index contributed by atoms with van der Waals surface area (Å²) in [6.07, 6.45) is 20.2. The molecule has 0 spiro atoms. The zero-order chi connectivity index (χ0) is 59.7. The molecule has 4 saturated carbocycles. The Labute approximate surface area is 486 Å². The van der Waals surface area contributed by atoms with Crippen molar-refractivity contribution in [1.82, 2.24) is 10.3 Å². The van der Waals surface area contributed by atoms with Gasteiger partial charge in [0.15, 0.2) is 0 Å². The molecule has 4 fully saturated rings. The number of hydrogen-bond donors (Lipinski definition) is 2. The number of esters is 5. The lowest BCUT2D eigenvalue weighted by atomic mass is 9.79. The fourth-order valence-corrected chi connectivity index (χ4v) is 9.95. The summed E-state index contributed by atoms with van der Waals surface area (Å²) in [6, 6.07) is 22.6. The van der Waals surface area contributed by atoms with E-state index in [1.54, 1.807) is 52.0 Å². The van der Waals surface area contributed by atoms with Crippen LogP contribution in [0.2, 0.25) is 0 Å². The molecule has 8 rings (SSSR count). The van der Waals surface area contributed by atoms with E-state index in [1.807, 2.05) is 60.7 Å². The Bertz CT molecular complexity index is 2560. The second kappa shape index (κ2) is 38.7. The van der Waals surface area contributed by atoms with Gasteiger partial charge in [-0.3, -0.25) is 19.2 Å². The van der Waals surface area contributed by atoms with Crippen molar-refractivity contribution in [2.45, 2.75) is 163 Å². The van der Waals surface area contributed by atoms with Crippen molar-refractivity contribution in [3.63, 3.8) is 0 Å². The van der Waals surface area contributed by atoms with E-state index in [0.29, 0.717) is 57.5 Å². The molecule has 83 heavy (non-hydrogen) atoms. The van der Waals surface area contributed by atoms with Gasteiger partial charge in [-0.2, -0.15) is 0 Å². The standard InChI is InChI=1S/C15H19NO3.C15H18O3.C14H19NO4.C13H17NO5.C5H6O2.CH4/c17-15(19-11-13-4-2-1-3-5-13)14-8-6-12(7-9-14)10-16-18;16-10-12-6-8-14(9-7-12)15(17)18-11-13-4-2-1-3-5-13;1-3-18-14(17)13-8-12(15-19-13)11-6-4-10(5-7-11)9(2)16;1-2-18-13(17)11-7-10(14-19-11)8-3-5-9(6-4-8)12(15)16;1-3-5(6)7-4-2;/h1-5,10,12,14,18H,6-9,11H2;1-5,10,12,14H,6-9,11H2;8,10-11H,3-7H2,1-2H3;7-9H,2-6H2,1H3,(H,15,16);1H,4H2,2H3;1H4/b16-10+;;;;;. The van der Waals surface area contributed by atoms with Crippen LogP contribution in [0.4, 0.5) is 0 Å². The number of hydrogen-bond acceptors (Lipinski definition) is 19. The van der Waals surface area contributed by atoms with Gasteiger partial charge < -0.3 is 47.8 Å². The molecule has 2 aromatic heterocycles. The number of carbonyl (C=O) groups excluding carboxylic acids is 7. The van der Waals surface area contributed by atoms with Gasteiger partial charge in [0, 0.05) is 47.9 Å². The lowest BCUT2D eigenvalue weighted by molar-refractivity contribution is -0.152. The van der Waals surface area contributed by atoms with E-state index in [9.17, 15) is 38.4 Å². The Morgan fingerprint density at radius 3 is 1.30 bits per heavy atom. The van der Waals surface area contributed by atoms with Crippen LogP contribution >= 0.6 is 0 Å². The van der Waals surface area contributed by atoms with Crippen molar-refractivity contribution >= 4 is 54.1 Å². The first-order valence-electron chi connectivity index (χ1n) is 28.3. The first-order chi connectivity index (χ1) is 39.6. The highest BCUT2D eigenvalue weighted by Crippen LogP contribution is 2.37. The molecule has 0 saturated heterocycles. The van der Waals surface area contributed by atoms with E-state index in [2.05, 4.69) is 26.6 Å². The summed E-state index contributed by atoms with van der Waals surface area (Å²) in [5.41, 5.74) is 3.53. The molecule has 2 aromatic carbocycles. The Morgan fingerprint density at radius 1 is 0.578 bits per heavy atom. The molecule has 0 amide bonds. The smallest absolute Gasteiger partial charge is 0.384 e. The average Bonchev–Trinajstić information content (AvgIpc) is 4.27. The lowest BCUT2D eigenvalue weighted by Gasteiger charge is -2.25. The van der Waals surface area contributed by atoms with Crippen LogP contribution in [-0.2, 0) is 65.7 Å². The summed E-state index contributed by atoms with van der Waals surface area (Å²) in [5, 5.41) is 28.3. The van der Waals surface area contributed by atoms with Gasteiger partial charge >= 0.3 is 35.8 Å². The van der Waals surface area contributed by atoms with E-state index >= 15 is 0 Å². The van der Waals surface area contributed by atoms with Crippen LogP contribution in [0.25, 0.3) is 0 Å². The number of oxime groups is 1. The van der Waals surface area contributed by atoms with Gasteiger partial charge in [0.2, 0.25) is 11.5 Å². The van der Waals surface area contributed by atoms with Gasteiger partial charge in [-0.25, -0.2) is 14.4 Å². The average molecular weight is 1150 g/mol. The number of rotatable bonds is 17. The van der Waals surface area contributed by atoms with Crippen LogP contribution in [0.3, 0.4) is 0 Å². The number of aldehydes is 1. The molecule has 4 aliphatic rings. The van der Waals surface area contributed by atoms with Crippen LogP contribution < -0.4 is 0 Å². The van der Waals surface area contributed by atoms with E-state index < -0.39 is 23.9 Å². The Morgan fingerprint density at radius 2 is 0.964 bits per heavy atom. The fourth-order valence-electron chi connectivity index (χ4n) is 9.95. The van der Waals surface area contributed by atoms with E-state index in [4.69, 9.17) is 38.3 Å². The molecule has 2 N–H and O–H groups in total. The summed E-state index contributed by atoms with van der Waals surface area (Å²) >= 11 is 0. The van der Waals surface area contributed by atoms with E-state index in [0.717, 1.165) is 113 Å². The SMILES string of the molecule is C.C#CC(=O)OCC.CCOC(=O)c1cc(C2CCC(C(=O)O)CC2)no1.CCOC(=O)c1cc(C2CCC(C(C)=O)CC2)no1.O=C(OCc1ccccc1)C1CCC(/C=N/O)CC1.O=CC1CCC(C(=O)OCc2ccccc2)CC1. The molecule has 2 heterocycles. The van der Waals surface area contributed by atoms with E-state index in [-0.39, 0.29) is 78.1 Å². The van der Waals surface area contributed by atoms with Crippen LogP contribution in [0.5, 0.6) is 0 Å². The number of aromatic nitrogens is 2. The molecule has 20 nitrogen and oxygen atoms in total. The first-order valence-corrected chi connectivity index (χ1v) is 28.3. The molecule has 0 aliphatic heterocycles. The number of terminal acetylenes is 1. The molecule has 0 bridgehead atoms. The van der Waals surface area contributed by atoms with Crippen LogP contribution in [0.1, 0.15) is 193 Å². The van der Waals surface area contributed by atoms with Crippen molar-refractivity contribution in [2.24, 2.45) is 40.7 Å². The second-order valence-corrected chi connectivity index (χ2v) is 20.4. The number of aliphatic carboxylic acids is 1. The third-order valence-electron chi connectivity index (χ3n) is 14.7. The first kappa shape index (κ1) is 69.3. The zero-order valence-corrected chi connectivity index (χ0v) is 47.5. The minimum absolute atomic E-state index is 0. The monoisotopic (exact) mass is 1150 g/mol. The van der Waals surface area contributed by atoms with Gasteiger partial charge in [0.25, 0.3) is 0 Å². The molecule has 0 unspecified atom stereocenters. The molecule has 0 radical (unpaired) electrons. The molecular formula is C63H83N3O17. The van der Waals surface area contributed by atoms with Crippen molar-refractivity contribution in [3.05, 3.63) is 107 Å². The zero-order valence-electron chi connectivity index (χ0n) is 47.5. The minimum atomic E-state index is -0.731. The highest BCUT2D eigenvalue weighted by Gasteiger charge is 2.31. The second-order valence-electron chi connectivity index (χ2n) is 20.4. The minimum Gasteiger partial charge on any atom is -0.481 e. The van der Waals surface area contributed by atoms with Gasteiger partial charge in [-0.1, -0.05) is 78.4 Å². The maximum atomic E-state index is 11.9. The summed E-state index contributed by atoms with van der Waals surface area (Å²) < 4.78 is 34.6. The summed E-state index contributed by atoms with van der Waals surface area (Å²) in [6.45, 7) is 8.47. The van der Waals surface area contributed by atoms with Gasteiger partial charge in [-0.05, 0) is 147 Å².